The minimum Gasteiger partial charge on any atom is -0.321 e. The van der Waals surface area contributed by atoms with E-state index in [1.165, 1.54) is 6.42 Å². The van der Waals surface area contributed by atoms with Crippen LogP contribution in [0.3, 0.4) is 0 Å². The van der Waals surface area contributed by atoms with Crippen LogP contribution < -0.4 is 5.73 Å². The molecule has 0 unspecified atom stereocenters. The molecule has 1 aromatic carbocycles. The zero-order chi connectivity index (χ0) is 12.8. The fourth-order valence-corrected chi connectivity index (χ4v) is 5.21. The van der Waals surface area contributed by atoms with Crippen molar-refractivity contribution in [1.82, 2.24) is 0 Å². The van der Waals surface area contributed by atoms with Gasteiger partial charge in [-0.3, -0.25) is 0 Å². The third kappa shape index (κ3) is 1.79. The number of sulfone groups is 1. The van der Waals surface area contributed by atoms with Gasteiger partial charge < -0.3 is 5.73 Å². The number of aryl methyl sites for hydroxylation is 1. The van der Waals surface area contributed by atoms with Crippen LogP contribution in [0.4, 0.5) is 0 Å². The van der Waals surface area contributed by atoms with Crippen molar-refractivity contribution in [3.63, 3.8) is 0 Å². The molecule has 1 saturated carbocycles. The number of hydrogen-bond donors (Lipinski definition) is 1. The van der Waals surface area contributed by atoms with Crippen molar-refractivity contribution in [2.24, 2.45) is 5.73 Å². The van der Waals surface area contributed by atoms with Gasteiger partial charge in [0.05, 0.1) is 10.6 Å². The lowest BCUT2D eigenvalue weighted by Gasteiger charge is -2.35. The monoisotopic (exact) mass is 265 g/mol. The Bertz CT molecular complexity index is 571. The largest absolute Gasteiger partial charge is 0.321 e. The number of benzene rings is 1. The highest BCUT2D eigenvalue weighted by Crippen LogP contribution is 2.41. The summed E-state index contributed by atoms with van der Waals surface area (Å²) in [5, 5.41) is 0. The first kappa shape index (κ1) is 12.2. The van der Waals surface area contributed by atoms with E-state index in [2.05, 4.69) is 0 Å². The Hall–Kier alpha value is -0.870. The highest BCUT2D eigenvalue weighted by Gasteiger charge is 2.38. The molecule has 18 heavy (non-hydrogen) atoms. The van der Waals surface area contributed by atoms with E-state index < -0.39 is 15.4 Å². The smallest absolute Gasteiger partial charge is 0.179 e. The van der Waals surface area contributed by atoms with Crippen molar-refractivity contribution in [1.29, 1.82) is 0 Å². The van der Waals surface area contributed by atoms with Gasteiger partial charge in [0.1, 0.15) is 0 Å². The number of hydrogen-bond acceptors (Lipinski definition) is 3. The molecule has 1 aromatic rings. The summed E-state index contributed by atoms with van der Waals surface area (Å²) in [7, 11) is -3.10. The van der Waals surface area contributed by atoms with Crippen molar-refractivity contribution in [2.75, 3.05) is 5.75 Å². The Morgan fingerprint density at radius 1 is 1.11 bits per heavy atom. The van der Waals surface area contributed by atoms with Crippen molar-refractivity contribution in [2.45, 2.75) is 49.0 Å². The molecule has 0 bridgehead atoms. The molecule has 0 radical (unpaired) electrons. The molecular weight excluding hydrogens is 246 g/mol. The van der Waals surface area contributed by atoms with Crippen LogP contribution in [0.1, 0.15) is 43.2 Å². The maximum atomic E-state index is 12.2. The molecule has 4 heteroatoms. The Morgan fingerprint density at radius 2 is 1.83 bits per heavy atom. The number of fused-ring (bicyclic) bond motifs is 1. The first-order valence-electron chi connectivity index (χ1n) is 6.67. The van der Waals surface area contributed by atoms with E-state index in [4.69, 9.17) is 5.73 Å². The minimum absolute atomic E-state index is 0.245. The van der Waals surface area contributed by atoms with Gasteiger partial charge in [-0.15, -0.1) is 0 Å². The second kappa shape index (κ2) is 4.07. The fraction of sp³-hybridized carbons (Fsp3) is 0.571. The van der Waals surface area contributed by atoms with Gasteiger partial charge in [0.2, 0.25) is 0 Å². The van der Waals surface area contributed by atoms with E-state index >= 15 is 0 Å². The molecule has 1 aliphatic heterocycles. The fourth-order valence-electron chi connectivity index (χ4n) is 3.34. The van der Waals surface area contributed by atoms with Crippen molar-refractivity contribution < 1.29 is 8.42 Å². The van der Waals surface area contributed by atoms with Crippen LogP contribution in [0.5, 0.6) is 0 Å². The lowest BCUT2D eigenvalue weighted by Crippen LogP contribution is -2.39. The van der Waals surface area contributed by atoms with Gasteiger partial charge >= 0.3 is 0 Å². The van der Waals surface area contributed by atoms with Crippen molar-refractivity contribution in [3.05, 3.63) is 29.3 Å². The summed E-state index contributed by atoms with van der Waals surface area (Å²) in [5.41, 5.74) is 7.91. The van der Waals surface area contributed by atoms with E-state index in [1.807, 2.05) is 18.2 Å². The van der Waals surface area contributed by atoms with Crippen molar-refractivity contribution >= 4 is 9.84 Å². The molecule has 98 valence electrons. The molecule has 2 N–H and O–H groups in total. The average molecular weight is 265 g/mol. The number of nitrogens with two attached hydrogens (primary N) is 1. The lowest BCUT2D eigenvalue weighted by molar-refractivity contribution is 0.297. The summed E-state index contributed by atoms with van der Waals surface area (Å²) in [4.78, 5) is 0.550. The second-order valence-electron chi connectivity index (χ2n) is 5.58. The summed E-state index contributed by atoms with van der Waals surface area (Å²) in [6.45, 7) is 0. The topological polar surface area (TPSA) is 60.2 Å². The van der Waals surface area contributed by atoms with Crippen LogP contribution >= 0.6 is 0 Å². The highest BCUT2D eigenvalue weighted by molar-refractivity contribution is 7.91. The summed E-state index contributed by atoms with van der Waals surface area (Å²) in [6, 6.07) is 5.81. The minimum atomic E-state index is -3.10. The second-order valence-corrected chi connectivity index (χ2v) is 7.63. The zero-order valence-electron chi connectivity index (χ0n) is 10.5. The first-order chi connectivity index (χ1) is 8.53. The summed E-state index contributed by atoms with van der Waals surface area (Å²) in [6.07, 6.45) is 5.85. The van der Waals surface area contributed by atoms with E-state index in [-0.39, 0.29) is 5.75 Å². The Balaban J connectivity index is 2.17. The molecule has 0 spiro atoms. The summed E-state index contributed by atoms with van der Waals surface area (Å²) in [5.74, 6) is 0.245. The molecule has 1 fully saturated rings. The molecule has 0 atom stereocenters. The van der Waals surface area contributed by atoms with Crippen LogP contribution in [0.15, 0.2) is 23.1 Å². The van der Waals surface area contributed by atoms with E-state index in [9.17, 15) is 8.42 Å². The average Bonchev–Trinajstić information content (AvgIpc) is 2.67. The molecular formula is C14H19NO2S. The van der Waals surface area contributed by atoms with E-state index in [0.29, 0.717) is 11.3 Å². The van der Waals surface area contributed by atoms with Gasteiger partial charge in [-0.05, 0) is 30.4 Å². The Morgan fingerprint density at radius 3 is 2.56 bits per heavy atom. The molecule has 1 heterocycles. The molecule has 0 aromatic heterocycles. The third-order valence-corrected chi connectivity index (χ3v) is 6.18. The van der Waals surface area contributed by atoms with Crippen LogP contribution in [0.2, 0.25) is 0 Å². The predicted octanol–water partition coefficient (Wildman–Crippen LogP) is 2.13. The molecule has 0 saturated heterocycles. The van der Waals surface area contributed by atoms with Crippen LogP contribution in [0, 0.1) is 0 Å². The molecule has 2 aliphatic rings. The first-order valence-corrected chi connectivity index (χ1v) is 8.32. The molecule has 3 rings (SSSR count). The maximum absolute atomic E-state index is 12.2. The normalized spacial score (nSPS) is 24.7. The maximum Gasteiger partial charge on any atom is 0.179 e. The quantitative estimate of drug-likeness (QED) is 0.846. The van der Waals surface area contributed by atoms with Crippen LogP contribution in [-0.4, -0.2) is 14.2 Å². The lowest BCUT2D eigenvalue weighted by atomic mass is 9.77. The van der Waals surface area contributed by atoms with Gasteiger partial charge in [-0.25, -0.2) is 8.42 Å². The third-order valence-electron chi connectivity index (χ3n) is 4.33. The summed E-state index contributed by atoms with van der Waals surface area (Å²) >= 11 is 0. The molecule has 3 nitrogen and oxygen atoms in total. The Kier molecular flexibility index (Phi) is 2.75. The van der Waals surface area contributed by atoms with Crippen molar-refractivity contribution in [3.8, 4) is 0 Å². The van der Waals surface area contributed by atoms with Gasteiger partial charge in [0, 0.05) is 5.54 Å². The number of rotatable bonds is 1. The molecule has 0 amide bonds. The molecule has 1 aliphatic carbocycles. The zero-order valence-corrected chi connectivity index (χ0v) is 11.3. The van der Waals surface area contributed by atoms with Crippen LogP contribution in [-0.2, 0) is 21.8 Å². The van der Waals surface area contributed by atoms with Gasteiger partial charge in [-0.1, -0.05) is 37.5 Å². The van der Waals surface area contributed by atoms with E-state index in [0.717, 1.165) is 36.8 Å². The predicted molar refractivity (Wildman–Crippen MR) is 71.1 cm³/mol. The van der Waals surface area contributed by atoms with Gasteiger partial charge in [0.15, 0.2) is 9.84 Å². The van der Waals surface area contributed by atoms with Crippen LogP contribution in [0.25, 0.3) is 0 Å². The summed E-state index contributed by atoms with van der Waals surface area (Å²) < 4.78 is 24.4. The van der Waals surface area contributed by atoms with Gasteiger partial charge in [-0.2, -0.15) is 0 Å². The SMILES string of the molecule is NC1(c2cccc3c2S(=O)(=O)CC3)CCCCC1. The highest BCUT2D eigenvalue weighted by atomic mass is 32.2. The standard InChI is InChI=1S/C14H19NO2S/c15-14(8-2-1-3-9-14)12-6-4-5-11-7-10-18(16,17)13(11)12/h4-6H,1-3,7-10,15H2. The van der Waals surface area contributed by atoms with Gasteiger partial charge in [0.25, 0.3) is 0 Å². The Labute approximate surface area is 108 Å². The van der Waals surface area contributed by atoms with E-state index in [1.54, 1.807) is 0 Å².